The third kappa shape index (κ3) is 5.48. The molecule has 2 amide bonds. The van der Waals surface area contributed by atoms with Crippen molar-refractivity contribution in [3.8, 4) is 16.9 Å². The van der Waals surface area contributed by atoms with Gasteiger partial charge in [0, 0.05) is 59.1 Å². The average molecular weight is 634 g/mol. The Morgan fingerprint density at radius 2 is 1.86 bits per heavy atom. The van der Waals surface area contributed by atoms with Crippen LogP contribution in [-0.4, -0.2) is 45.1 Å². The summed E-state index contributed by atoms with van der Waals surface area (Å²) in [5.41, 5.74) is 6.28. The number of aromatic nitrogens is 3. The van der Waals surface area contributed by atoms with Crippen LogP contribution in [0.2, 0.25) is 0 Å². The van der Waals surface area contributed by atoms with Gasteiger partial charge in [-0.25, -0.2) is 18.4 Å². The lowest BCUT2D eigenvalue weighted by molar-refractivity contribution is -0.131. The van der Waals surface area contributed by atoms with Crippen LogP contribution in [0.1, 0.15) is 40.9 Å². The number of carbonyl (C=O) groups is 2. The number of rotatable bonds is 5. The maximum absolute atomic E-state index is 14.8. The van der Waals surface area contributed by atoms with Crippen molar-refractivity contribution in [1.29, 1.82) is 0 Å². The lowest BCUT2D eigenvalue weighted by Crippen LogP contribution is -2.52. The second kappa shape index (κ2) is 11.7. The summed E-state index contributed by atoms with van der Waals surface area (Å²) >= 11 is 1.57. The summed E-state index contributed by atoms with van der Waals surface area (Å²) in [6.07, 6.45) is 1.43. The number of pyridine rings is 1. The number of benzene rings is 2. The first-order valence-electron chi connectivity index (χ1n) is 14.3. The van der Waals surface area contributed by atoms with E-state index in [4.69, 9.17) is 4.98 Å². The van der Waals surface area contributed by atoms with Crippen LogP contribution in [0.15, 0.2) is 77.6 Å². The maximum Gasteiger partial charge on any atom is 0.251 e. The molecule has 1 fully saturated rings. The van der Waals surface area contributed by atoms with Gasteiger partial charge in [0.1, 0.15) is 0 Å². The molecule has 1 aliphatic heterocycles. The zero-order chi connectivity index (χ0) is 29.7. The third-order valence-electron chi connectivity index (χ3n) is 8.45. The molecule has 0 unspecified atom stereocenters. The molecule has 44 heavy (non-hydrogen) atoms. The molecule has 11 heteroatoms. The van der Waals surface area contributed by atoms with E-state index >= 15 is 0 Å². The first kappa shape index (κ1) is 29.9. The number of amides is 2. The van der Waals surface area contributed by atoms with Crippen LogP contribution in [-0.2, 0) is 11.2 Å². The zero-order valence-electron chi connectivity index (χ0n) is 23.9. The zero-order valence-corrected chi connectivity index (χ0v) is 25.5. The fourth-order valence-corrected chi connectivity index (χ4v) is 6.96. The van der Waals surface area contributed by atoms with Gasteiger partial charge in [0.2, 0.25) is 11.8 Å². The van der Waals surface area contributed by atoms with E-state index in [-0.39, 0.29) is 31.2 Å². The van der Waals surface area contributed by atoms with E-state index in [0.717, 1.165) is 44.8 Å². The highest BCUT2D eigenvalue weighted by Gasteiger charge is 2.47. The quantitative estimate of drug-likeness (QED) is 0.226. The second-order valence-electron chi connectivity index (χ2n) is 11.3. The minimum atomic E-state index is -2.99. The molecule has 7 rings (SSSR count). The van der Waals surface area contributed by atoms with E-state index in [9.17, 15) is 18.4 Å². The van der Waals surface area contributed by atoms with Crippen molar-refractivity contribution in [3.05, 3.63) is 94.4 Å². The molecule has 2 aliphatic rings. The minimum Gasteiger partial charge on any atom is -0.348 e. The van der Waals surface area contributed by atoms with E-state index in [1.807, 2.05) is 60.3 Å². The number of carbonyl (C=O) groups excluding carboxylic acids is 2. The molecule has 0 spiro atoms. The van der Waals surface area contributed by atoms with Gasteiger partial charge in [-0.15, -0.1) is 12.4 Å². The number of para-hydroxylation sites is 1. The van der Waals surface area contributed by atoms with Crippen molar-refractivity contribution in [2.75, 3.05) is 11.4 Å². The standard InChI is InChI=1S/C33H29F2N5O2S.ClH/c1-20-11-16-40(38-20)23-8-6-21(7-9-23)31(41)37-28-10-14-33(34,35)18-26(28)32(42)39-15-12-25-29(22-13-17-43-19-22)36-27-5-3-2-4-24(27)30(25)39;/h2-9,11,13,16-17,19,26,28H,10,12,14-15,18H2,1H3,(H,37,41);1H/t26-,28+;/m0./s1. The highest BCUT2D eigenvalue weighted by atomic mass is 35.5. The van der Waals surface area contributed by atoms with Gasteiger partial charge in [0.25, 0.3) is 5.91 Å². The number of hydrogen-bond acceptors (Lipinski definition) is 5. The molecule has 2 atom stereocenters. The number of nitrogens with one attached hydrogen (secondary N) is 1. The molecule has 0 bridgehead atoms. The molecule has 7 nitrogen and oxygen atoms in total. The van der Waals surface area contributed by atoms with Gasteiger partial charge >= 0.3 is 0 Å². The van der Waals surface area contributed by atoms with Crippen molar-refractivity contribution >= 4 is 52.1 Å². The third-order valence-corrected chi connectivity index (χ3v) is 9.14. The first-order chi connectivity index (χ1) is 20.8. The molecule has 1 N–H and O–H groups in total. The summed E-state index contributed by atoms with van der Waals surface area (Å²) in [5, 5.41) is 12.1. The van der Waals surface area contributed by atoms with Crippen LogP contribution in [0.25, 0.3) is 27.8 Å². The first-order valence-corrected chi connectivity index (χ1v) is 15.3. The summed E-state index contributed by atoms with van der Waals surface area (Å²) in [5.74, 6) is -4.84. The molecular formula is C33H30ClF2N5O2S. The summed E-state index contributed by atoms with van der Waals surface area (Å²) in [6, 6.07) is 17.7. The Hall–Kier alpha value is -4.15. The Bertz CT molecular complexity index is 1840. The fourth-order valence-electron chi connectivity index (χ4n) is 6.32. The van der Waals surface area contributed by atoms with E-state index < -0.39 is 30.2 Å². The Morgan fingerprint density at radius 3 is 2.59 bits per heavy atom. The predicted molar refractivity (Wildman–Crippen MR) is 170 cm³/mol. The number of anilines is 1. The van der Waals surface area contributed by atoms with Crippen LogP contribution in [0, 0.1) is 12.8 Å². The average Bonchev–Trinajstić information content (AvgIpc) is 3.79. The second-order valence-corrected chi connectivity index (χ2v) is 12.1. The molecular weight excluding hydrogens is 604 g/mol. The maximum atomic E-state index is 14.8. The lowest BCUT2D eigenvalue weighted by atomic mass is 9.81. The summed E-state index contributed by atoms with van der Waals surface area (Å²) < 4.78 is 31.4. The number of aryl methyl sites for hydroxylation is 1. The van der Waals surface area contributed by atoms with Gasteiger partial charge in [0.15, 0.2) is 0 Å². The number of fused-ring (bicyclic) bond motifs is 3. The van der Waals surface area contributed by atoms with E-state index in [1.165, 1.54) is 0 Å². The monoisotopic (exact) mass is 633 g/mol. The number of hydrogen-bond donors (Lipinski definition) is 1. The van der Waals surface area contributed by atoms with Gasteiger partial charge in [-0.05, 0) is 67.6 Å². The summed E-state index contributed by atoms with van der Waals surface area (Å²) in [4.78, 5) is 34.1. The number of nitrogens with zero attached hydrogens (tertiary/aromatic N) is 4. The van der Waals surface area contributed by atoms with Crippen molar-refractivity contribution in [1.82, 2.24) is 20.1 Å². The van der Waals surface area contributed by atoms with Crippen LogP contribution in [0.5, 0.6) is 0 Å². The molecule has 1 aliphatic carbocycles. The summed E-state index contributed by atoms with van der Waals surface area (Å²) in [6.45, 7) is 2.27. The largest absolute Gasteiger partial charge is 0.348 e. The summed E-state index contributed by atoms with van der Waals surface area (Å²) in [7, 11) is 0. The van der Waals surface area contributed by atoms with Crippen molar-refractivity contribution in [2.24, 2.45) is 5.92 Å². The molecule has 2 aromatic carbocycles. The molecule has 5 aromatic rings. The highest BCUT2D eigenvalue weighted by molar-refractivity contribution is 7.08. The highest BCUT2D eigenvalue weighted by Crippen LogP contribution is 2.44. The van der Waals surface area contributed by atoms with Gasteiger partial charge in [-0.1, -0.05) is 18.2 Å². The smallest absolute Gasteiger partial charge is 0.251 e. The van der Waals surface area contributed by atoms with Gasteiger partial charge in [-0.2, -0.15) is 16.4 Å². The van der Waals surface area contributed by atoms with Crippen molar-refractivity contribution in [2.45, 2.75) is 44.6 Å². The molecule has 1 saturated carbocycles. The van der Waals surface area contributed by atoms with Crippen molar-refractivity contribution in [3.63, 3.8) is 0 Å². The van der Waals surface area contributed by atoms with Gasteiger partial charge < -0.3 is 10.2 Å². The molecule has 226 valence electrons. The Kier molecular flexibility index (Phi) is 7.98. The van der Waals surface area contributed by atoms with E-state index in [2.05, 4.69) is 10.4 Å². The normalized spacial score (nSPS) is 18.9. The Balaban J connectivity index is 0.00000343. The van der Waals surface area contributed by atoms with Gasteiger partial charge in [-0.3, -0.25) is 9.59 Å². The minimum absolute atomic E-state index is 0. The Morgan fingerprint density at radius 1 is 1.07 bits per heavy atom. The van der Waals surface area contributed by atoms with Crippen LogP contribution >= 0.6 is 23.7 Å². The molecule has 3 aromatic heterocycles. The fraction of sp³-hybridized carbons (Fsp3) is 0.273. The SMILES string of the molecule is Cc1ccn(-c2ccc(C(=O)N[C@@H]3CCC(F)(F)C[C@@H]3C(=O)N3CCc4c(-c5ccsc5)nc5ccccc5c43)cc2)n1.Cl. The number of thiophene rings is 1. The van der Waals surface area contributed by atoms with E-state index in [0.29, 0.717) is 18.5 Å². The van der Waals surface area contributed by atoms with Gasteiger partial charge in [0.05, 0.1) is 34.2 Å². The molecule has 0 saturated heterocycles. The van der Waals surface area contributed by atoms with Crippen LogP contribution in [0.3, 0.4) is 0 Å². The van der Waals surface area contributed by atoms with Crippen LogP contribution < -0.4 is 10.2 Å². The van der Waals surface area contributed by atoms with Crippen LogP contribution in [0.4, 0.5) is 14.5 Å². The Labute approximate surface area is 263 Å². The van der Waals surface area contributed by atoms with E-state index in [1.54, 1.807) is 45.2 Å². The number of alkyl halides is 2. The molecule has 4 heterocycles. The molecule has 0 radical (unpaired) electrons. The predicted octanol–water partition coefficient (Wildman–Crippen LogP) is 7.00. The lowest BCUT2D eigenvalue weighted by Gasteiger charge is -2.37. The number of halogens is 3. The topological polar surface area (TPSA) is 80.1 Å². The van der Waals surface area contributed by atoms with Crippen molar-refractivity contribution < 1.29 is 18.4 Å².